The first kappa shape index (κ1) is 5.71. The van der Waals surface area contributed by atoms with E-state index in [2.05, 4.69) is 20.7 Å². The second kappa shape index (κ2) is 1.82. The largest absolute Gasteiger partial charge is 0.316 e. The van der Waals surface area contributed by atoms with Crippen LogP contribution in [0.5, 0.6) is 0 Å². The Morgan fingerprint density at radius 1 is 1.36 bits per heavy atom. The number of aromatic nitrogens is 3. The Morgan fingerprint density at radius 3 is 2.82 bits per heavy atom. The lowest BCUT2D eigenvalue weighted by Crippen LogP contribution is -2.14. The molecule has 0 spiro atoms. The first-order valence-corrected chi connectivity index (χ1v) is 4.03. The van der Waals surface area contributed by atoms with Crippen LogP contribution >= 0.6 is 0 Å². The van der Waals surface area contributed by atoms with Crippen molar-refractivity contribution in [3.63, 3.8) is 0 Å². The maximum atomic E-state index is 4.10. The van der Waals surface area contributed by atoms with Crippen molar-refractivity contribution in [2.24, 2.45) is 11.8 Å². The summed E-state index contributed by atoms with van der Waals surface area (Å²) in [6.45, 7) is 2.34. The molecule has 1 aromatic heterocycles. The van der Waals surface area contributed by atoms with Gasteiger partial charge in [-0.25, -0.2) is 0 Å². The fourth-order valence-electron chi connectivity index (χ4n) is 2.23. The number of fused-ring (bicyclic) bond motifs is 1. The van der Waals surface area contributed by atoms with Gasteiger partial charge in [-0.15, -0.1) is 0 Å². The monoisotopic (exact) mass is 150 g/mol. The summed E-state index contributed by atoms with van der Waals surface area (Å²) in [6.07, 6.45) is 1.85. The molecule has 1 saturated heterocycles. The van der Waals surface area contributed by atoms with E-state index in [0.717, 1.165) is 17.5 Å². The Balaban J connectivity index is 1.85. The van der Waals surface area contributed by atoms with E-state index >= 15 is 0 Å². The number of nitrogens with one attached hydrogen (secondary N) is 2. The molecule has 2 atom stereocenters. The summed E-state index contributed by atoms with van der Waals surface area (Å²) in [4.78, 5) is 0. The Kier molecular flexibility index (Phi) is 0.946. The molecule has 1 aliphatic heterocycles. The molecule has 11 heavy (non-hydrogen) atoms. The molecule has 2 aliphatic rings. The minimum absolute atomic E-state index is 0.704. The zero-order chi connectivity index (χ0) is 7.26. The van der Waals surface area contributed by atoms with Gasteiger partial charge < -0.3 is 5.32 Å². The van der Waals surface area contributed by atoms with Crippen LogP contribution in [0.1, 0.15) is 11.6 Å². The molecular formula is C7H10N4. The van der Waals surface area contributed by atoms with Crippen LogP contribution in [0.25, 0.3) is 0 Å². The summed E-state index contributed by atoms with van der Waals surface area (Å²) in [5.41, 5.74) is 1.15. The van der Waals surface area contributed by atoms with Crippen molar-refractivity contribution in [1.29, 1.82) is 0 Å². The van der Waals surface area contributed by atoms with Crippen LogP contribution in [0.15, 0.2) is 6.20 Å². The Bertz CT molecular complexity index is 245. The van der Waals surface area contributed by atoms with Gasteiger partial charge in [-0.2, -0.15) is 15.4 Å². The van der Waals surface area contributed by atoms with Gasteiger partial charge in [0, 0.05) is 5.92 Å². The second-order valence-electron chi connectivity index (χ2n) is 3.41. The maximum absolute atomic E-state index is 4.10. The molecule has 1 aromatic rings. The Morgan fingerprint density at radius 2 is 2.18 bits per heavy atom. The van der Waals surface area contributed by atoms with Gasteiger partial charge in [0.15, 0.2) is 0 Å². The molecule has 3 rings (SSSR count). The molecule has 0 aromatic carbocycles. The number of aromatic amines is 1. The van der Waals surface area contributed by atoms with Gasteiger partial charge in [-0.3, -0.25) is 0 Å². The third kappa shape index (κ3) is 0.673. The summed E-state index contributed by atoms with van der Waals surface area (Å²) >= 11 is 0. The molecule has 1 saturated carbocycles. The van der Waals surface area contributed by atoms with E-state index in [1.54, 1.807) is 0 Å². The highest BCUT2D eigenvalue weighted by molar-refractivity contribution is 5.21. The van der Waals surface area contributed by atoms with Gasteiger partial charge in [0.05, 0.1) is 11.9 Å². The fourth-order valence-corrected chi connectivity index (χ4v) is 2.23. The van der Waals surface area contributed by atoms with Gasteiger partial charge in [0.25, 0.3) is 0 Å². The minimum Gasteiger partial charge on any atom is -0.316 e. The van der Waals surface area contributed by atoms with E-state index in [9.17, 15) is 0 Å². The molecule has 4 heteroatoms. The summed E-state index contributed by atoms with van der Waals surface area (Å²) in [6, 6.07) is 0. The third-order valence-electron chi connectivity index (χ3n) is 2.87. The average Bonchev–Trinajstić information content (AvgIpc) is 2.57. The molecule has 4 nitrogen and oxygen atoms in total. The van der Waals surface area contributed by atoms with Crippen LogP contribution in [-0.4, -0.2) is 28.5 Å². The van der Waals surface area contributed by atoms with Gasteiger partial charge in [-0.1, -0.05) is 0 Å². The Hall–Kier alpha value is -0.900. The number of rotatable bonds is 1. The highest BCUT2D eigenvalue weighted by Crippen LogP contribution is 2.54. The number of nitrogens with zero attached hydrogens (tertiary/aromatic N) is 2. The smallest absolute Gasteiger partial charge is 0.0862 e. The Labute approximate surface area is 64.4 Å². The van der Waals surface area contributed by atoms with Gasteiger partial charge >= 0.3 is 0 Å². The summed E-state index contributed by atoms with van der Waals surface area (Å²) in [5.74, 6) is 2.40. The quantitative estimate of drug-likeness (QED) is 0.579. The molecule has 2 N–H and O–H groups in total. The van der Waals surface area contributed by atoms with Crippen LogP contribution in [-0.2, 0) is 0 Å². The SMILES string of the molecule is c1n[nH]nc1C1C2CNCC21. The number of H-pyrrole nitrogens is 1. The molecule has 58 valence electrons. The van der Waals surface area contributed by atoms with E-state index in [4.69, 9.17) is 0 Å². The van der Waals surface area contributed by atoms with Crippen LogP contribution < -0.4 is 5.32 Å². The lowest BCUT2D eigenvalue weighted by atomic mass is 10.2. The van der Waals surface area contributed by atoms with Crippen molar-refractivity contribution in [3.8, 4) is 0 Å². The van der Waals surface area contributed by atoms with Crippen molar-refractivity contribution >= 4 is 0 Å². The number of piperidine rings is 1. The van der Waals surface area contributed by atoms with E-state index in [1.165, 1.54) is 13.1 Å². The van der Waals surface area contributed by atoms with Crippen molar-refractivity contribution in [2.75, 3.05) is 13.1 Å². The third-order valence-corrected chi connectivity index (χ3v) is 2.87. The van der Waals surface area contributed by atoms with Crippen LogP contribution in [0.2, 0.25) is 0 Å². The molecule has 1 aliphatic carbocycles. The van der Waals surface area contributed by atoms with Crippen molar-refractivity contribution < 1.29 is 0 Å². The maximum Gasteiger partial charge on any atom is 0.0862 e. The lowest BCUT2D eigenvalue weighted by Gasteiger charge is -1.98. The molecule has 2 heterocycles. The van der Waals surface area contributed by atoms with Crippen molar-refractivity contribution in [2.45, 2.75) is 5.92 Å². The molecule has 2 unspecified atom stereocenters. The second-order valence-corrected chi connectivity index (χ2v) is 3.41. The minimum atomic E-state index is 0.704. The first-order valence-electron chi connectivity index (χ1n) is 4.03. The summed E-state index contributed by atoms with van der Waals surface area (Å²) in [5, 5.41) is 13.9. The molecule has 0 bridgehead atoms. The normalized spacial score (nSPS) is 40.5. The zero-order valence-corrected chi connectivity index (χ0v) is 6.12. The molecule has 0 amide bonds. The molecule has 0 radical (unpaired) electrons. The zero-order valence-electron chi connectivity index (χ0n) is 6.12. The standard InChI is InChI=1S/C7H10N4/c1-4-5(2-8-1)7(4)6-3-9-11-10-6/h3-5,7-8H,1-2H2,(H,9,10,11). The van der Waals surface area contributed by atoms with E-state index in [1.807, 2.05) is 6.20 Å². The molecular weight excluding hydrogens is 140 g/mol. The van der Waals surface area contributed by atoms with Crippen molar-refractivity contribution in [3.05, 3.63) is 11.9 Å². The van der Waals surface area contributed by atoms with E-state index in [-0.39, 0.29) is 0 Å². The van der Waals surface area contributed by atoms with Gasteiger partial charge in [0.1, 0.15) is 0 Å². The topological polar surface area (TPSA) is 53.6 Å². The number of hydrogen-bond donors (Lipinski definition) is 2. The van der Waals surface area contributed by atoms with Crippen LogP contribution in [0.3, 0.4) is 0 Å². The lowest BCUT2D eigenvalue weighted by molar-refractivity contribution is 0.673. The fraction of sp³-hybridized carbons (Fsp3) is 0.714. The van der Waals surface area contributed by atoms with E-state index in [0.29, 0.717) is 5.92 Å². The average molecular weight is 150 g/mol. The summed E-state index contributed by atoms with van der Waals surface area (Å²) in [7, 11) is 0. The van der Waals surface area contributed by atoms with Gasteiger partial charge in [0.2, 0.25) is 0 Å². The molecule has 2 fully saturated rings. The predicted octanol–water partition coefficient (Wildman–Crippen LogP) is -0.263. The summed E-state index contributed by atoms with van der Waals surface area (Å²) < 4.78 is 0. The van der Waals surface area contributed by atoms with Crippen LogP contribution in [0, 0.1) is 11.8 Å². The van der Waals surface area contributed by atoms with E-state index < -0.39 is 0 Å². The highest BCUT2D eigenvalue weighted by atomic mass is 15.3. The highest BCUT2D eigenvalue weighted by Gasteiger charge is 2.54. The predicted molar refractivity (Wildman–Crippen MR) is 39.0 cm³/mol. The number of hydrogen-bond acceptors (Lipinski definition) is 3. The first-order chi connectivity index (χ1) is 5.47. The van der Waals surface area contributed by atoms with Gasteiger partial charge in [-0.05, 0) is 24.9 Å². The van der Waals surface area contributed by atoms with Crippen molar-refractivity contribution in [1.82, 2.24) is 20.7 Å². The van der Waals surface area contributed by atoms with Crippen LogP contribution in [0.4, 0.5) is 0 Å².